The van der Waals surface area contributed by atoms with Gasteiger partial charge in [-0.3, -0.25) is 4.57 Å². The molecule has 1 atom stereocenters. The van der Waals surface area contributed by atoms with E-state index >= 15 is 0 Å². The smallest absolute Gasteiger partial charge is 0.348 e. The van der Waals surface area contributed by atoms with Crippen LogP contribution in [0.1, 0.15) is 24.2 Å². The van der Waals surface area contributed by atoms with E-state index < -0.39 is 0 Å². The molecule has 0 bridgehead atoms. The maximum absolute atomic E-state index is 12.2. The number of carbonyl (C=O) groups is 1. The van der Waals surface area contributed by atoms with Crippen molar-refractivity contribution in [1.82, 2.24) is 19.8 Å². The number of hydrogen-bond donors (Lipinski definition) is 1. The maximum Gasteiger partial charge on any atom is 0.348 e. The van der Waals surface area contributed by atoms with E-state index in [2.05, 4.69) is 10.3 Å². The molecule has 122 valence electrons. The second-order valence-electron chi connectivity index (χ2n) is 5.65. The van der Waals surface area contributed by atoms with E-state index in [0.717, 1.165) is 25.1 Å². The Labute approximate surface area is 130 Å². The molecule has 1 aliphatic rings. The number of carbonyl (C=O) groups excluding carboxylic acids is 1. The van der Waals surface area contributed by atoms with Gasteiger partial charge in [0.05, 0.1) is 12.6 Å². The molecule has 0 radical (unpaired) electrons. The minimum atomic E-state index is -0.273. The Morgan fingerprint density at radius 3 is 2.95 bits per heavy atom. The summed E-state index contributed by atoms with van der Waals surface area (Å²) in [6.45, 7) is 5.81. The van der Waals surface area contributed by atoms with Crippen LogP contribution in [0.15, 0.2) is 10.9 Å². The third-order valence-corrected chi connectivity index (χ3v) is 3.96. The number of nitrogens with one attached hydrogen (secondary N) is 1. The second kappa shape index (κ2) is 7.40. The van der Waals surface area contributed by atoms with Crippen LogP contribution in [-0.2, 0) is 11.3 Å². The summed E-state index contributed by atoms with van der Waals surface area (Å²) < 4.78 is 6.72. The van der Waals surface area contributed by atoms with E-state index in [1.165, 1.54) is 0 Å². The molecule has 1 aromatic heterocycles. The molecule has 1 fully saturated rings. The van der Waals surface area contributed by atoms with Crippen molar-refractivity contribution in [3.8, 4) is 0 Å². The third-order valence-electron chi connectivity index (χ3n) is 3.96. The highest BCUT2D eigenvalue weighted by molar-refractivity contribution is 5.74. The molecule has 0 spiro atoms. The molecule has 1 saturated heterocycles. The lowest BCUT2D eigenvalue weighted by atomic mass is 10.2. The molecular formula is C15H24N4O3. The van der Waals surface area contributed by atoms with Crippen molar-refractivity contribution in [2.24, 2.45) is 0 Å². The summed E-state index contributed by atoms with van der Waals surface area (Å²) in [5, 5.41) is 2.87. The first-order valence-electron chi connectivity index (χ1n) is 7.61. The third kappa shape index (κ3) is 3.85. The molecule has 7 nitrogen and oxygen atoms in total. The van der Waals surface area contributed by atoms with Crippen LogP contribution >= 0.6 is 0 Å². The number of likely N-dealkylation sites (tertiary alicyclic amines) is 1. The van der Waals surface area contributed by atoms with Gasteiger partial charge in [-0.2, -0.15) is 4.98 Å². The Balaban J connectivity index is 1.89. The highest BCUT2D eigenvalue weighted by atomic mass is 16.5. The first kappa shape index (κ1) is 16.5. The van der Waals surface area contributed by atoms with Crippen LogP contribution in [0.2, 0.25) is 0 Å². The standard InChI is InChI=1S/C15H24N4O3/c1-11-9-12(2)18(15(21)17-11)8-6-16-14(20)19-7-4-5-13(19)10-22-3/h9,13H,4-8,10H2,1-3H3,(H,16,20)/t13-/m0/s1. The van der Waals surface area contributed by atoms with Gasteiger partial charge in [-0.1, -0.05) is 0 Å². The molecule has 7 heteroatoms. The zero-order chi connectivity index (χ0) is 16.1. The summed E-state index contributed by atoms with van der Waals surface area (Å²) in [5.74, 6) is 0. The van der Waals surface area contributed by atoms with E-state index in [9.17, 15) is 9.59 Å². The fraction of sp³-hybridized carbons (Fsp3) is 0.667. The van der Waals surface area contributed by atoms with Crippen LogP contribution < -0.4 is 11.0 Å². The predicted octanol–water partition coefficient (Wildman–Crippen LogP) is 0.681. The average molecular weight is 308 g/mol. The van der Waals surface area contributed by atoms with Crippen molar-refractivity contribution in [1.29, 1.82) is 0 Å². The Morgan fingerprint density at radius 2 is 2.27 bits per heavy atom. The molecule has 2 heterocycles. The number of amides is 2. The highest BCUT2D eigenvalue weighted by Gasteiger charge is 2.28. The van der Waals surface area contributed by atoms with Gasteiger partial charge in [-0.25, -0.2) is 9.59 Å². The normalized spacial score (nSPS) is 17.8. The van der Waals surface area contributed by atoms with Crippen LogP contribution in [0.4, 0.5) is 4.79 Å². The molecule has 0 aromatic carbocycles. The molecule has 22 heavy (non-hydrogen) atoms. The second-order valence-corrected chi connectivity index (χ2v) is 5.65. The molecule has 1 aromatic rings. The quantitative estimate of drug-likeness (QED) is 0.868. The van der Waals surface area contributed by atoms with Crippen LogP contribution in [0.3, 0.4) is 0 Å². The summed E-state index contributed by atoms with van der Waals surface area (Å²) >= 11 is 0. The van der Waals surface area contributed by atoms with Crippen molar-refractivity contribution >= 4 is 6.03 Å². The summed E-state index contributed by atoms with van der Waals surface area (Å²) in [5.41, 5.74) is 1.29. The van der Waals surface area contributed by atoms with E-state index in [-0.39, 0.29) is 17.8 Å². The summed E-state index contributed by atoms with van der Waals surface area (Å²) in [4.78, 5) is 29.8. The maximum atomic E-state index is 12.2. The zero-order valence-corrected chi connectivity index (χ0v) is 13.5. The number of methoxy groups -OCH3 is 1. The van der Waals surface area contributed by atoms with Crippen molar-refractivity contribution in [2.45, 2.75) is 39.3 Å². The van der Waals surface area contributed by atoms with Crippen molar-refractivity contribution in [3.63, 3.8) is 0 Å². The number of nitrogens with zero attached hydrogens (tertiary/aromatic N) is 3. The number of aromatic nitrogens is 2. The number of ether oxygens (including phenoxy) is 1. The van der Waals surface area contributed by atoms with Crippen molar-refractivity contribution in [3.05, 3.63) is 27.9 Å². The SMILES string of the molecule is COC[C@@H]1CCCN1C(=O)NCCn1c(C)cc(C)nc1=O. The largest absolute Gasteiger partial charge is 0.383 e. The molecule has 1 aliphatic heterocycles. The monoisotopic (exact) mass is 308 g/mol. The zero-order valence-electron chi connectivity index (χ0n) is 13.5. The molecule has 2 amide bonds. The predicted molar refractivity (Wildman–Crippen MR) is 83.0 cm³/mol. The minimum absolute atomic E-state index is 0.0923. The first-order valence-corrected chi connectivity index (χ1v) is 7.61. The van der Waals surface area contributed by atoms with Gasteiger partial charge in [0, 0.05) is 38.1 Å². The molecule has 2 rings (SSSR count). The fourth-order valence-electron chi connectivity index (χ4n) is 2.89. The summed E-state index contributed by atoms with van der Waals surface area (Å²) in [6, 6.07) is 1.92. The highest BCUT2D eigenvalue weighted by Crippen LogP contribution is 2.17. The van der Waals surface area contributed by atoms with Crippen LogP contribution in [0.25, 0.3) is 0 Å². The molecule has 0 unspecified atom stereocenters. The Hall–Kier alpha value is -1.89. The number of aryl methyl sites for hydroxylation is 2. The van der Waals surface area contributed by atoms with E-state index in [0.29, 0.717) is 25.4 Å². The Bertz CT molecular complexity index is 585. The lowest BCUT2D eigenvalue weighted by Crippen LogP contribution is -2.45. The van der Waals surface area contributed by atoms with Gasteiger partial charge >= 0.3 is 11.7 Å². The average Bonchev–Trinajstić information content (AvgIpc) is 2.90. The topological polar surface area (TPSA) is 76.5 Å². The molecule has 0 aliphatic carbocycles. The number of urea groups is 1. The van der Waals surface area contributed by atoms with Gasteiger partial charge in [-0.05, 0) is 32.8 Å². The van der Waals surface area contributed by atoms with Crippen molar-refractivity contribution < 1.29 is 9.53 Å². The first-order chi connectivity index (χ1) is 10.5. The minimum Gasteiger partial charge on any atom is -0.383 e. The van der Waals surface area contributed by atoms with Crippen LogP contribution in [0, 0.1) is 13.8 Å². The van der Waals surface area contributed by atoms with Gasteiger partial charge in [0.25, 0.3) is 0 Å². The number of hydrogen-bond acceptors (Lipinski definition) is 4. The lowest BCUT2D eigenvalue weighted by molar-refractivity contribution is 0.123. The Morgan fingerprint density at radius 1 is 1.50 bits per heavy atom. The van der Waals surface area contributed by atoms with Gasteiger partial charge in [0.1, 0.15) is 0 Å². The Kier molecular flexibility index (Phi) is 5.54. The molecule has 1 N–H and O–H groups in total. The van der Waals surface area contributed by atoms with Gasteiger partial charge < -0.3 is 15.0 Å². The van der Waals surface area contributed by atoms with E-state index in [4.69, 9.17) is 4.74 Å². The van der Waals surface area contributed by atoms with Gasteiger partial charge in [-0.15, -0.1) is 0 Å². The van der Waals surface area contributed by atoms with E-state index in [1.807, 2.05) is 17.9 Å². The molecular weight excluding hydrogens is 284 g/mol. The molecule has 0 saturated carbocycles. The van der Waals surface area contributed by atoms with E-state index in [1.54, 1.807) is 18.6 Å². The van der Waals surface area contributed by atoms with Crippen molar-refractivity contribution in [2.75, 3.05) is 26.8 Å². The van der Waals surface area contributed by atoms with Gasteiger partial charge in [0.15, 0.2) is 0 Å². The fourth-order valence-corrected chi connectivity index (χ4v) is 2.89. The van der Waals surface area contributed by atoms with Crippen LogP contribution in [0.5, 0.6) is 0 Å². The summed E-state index contributed by atoms with van der Waals surface area (Å²) in [7, 11) is 1.65. The summed E-state index contributed by atoms with van der Waals surface area (Å²) in [6.07, 6.45) is 1.98. The lowest BCUT2D eigenvalue weighted by Gasteiger charge is -2.24. The van der Waals surface area contributed by atoms with Crippen LogP contribution in [-0.4, -0.2) is 53.3 Å². The van der Waals surface area contributed by atoms with Gasteiger partial charge in [0.2, 0.25) is 0 Å². The number of rotatable bonds is 5.